The zero-order valence-electron chi connectivity index (χ0n) is 13.7. The van der Waals surface area contributed by atoms with E-state index in [9.17, 15) is 18.0 Å². The van der Waals surface area contributed by atoms with Crippen LogP contribution in [0, 0.1) is 0 Å². The number of hydrogen-bond donors (Lipinski definition) is 1. The smallest absolute Gasteiger partial charge is 0.462 e. The molecule has 1 aliphatic heterocycles. The highest BCUT2D eigenvalue weighted by molar-refractivity contribution is 5.88. The largest absolute Gasteiger partial charge is 0.573 e. The monoisotopic (exact) mass is 378 g/mol. The third kappa shape index (κ3) is 3.67. The van der Waals surface area contributed by atoms with Crippen LogP contribution < -0.4 is 14.8 Å². The van der Waals surface area contributed by atoms with Crippen LogP contribution in [0.15, 0.2) is 47.0 Å². The van der Waals surface area contributed by atoms with Gasteiger partial charge in [-0.15, -0.1) is 13.2 Å². The van der Waals surface area contributed by atoms with Gasteiger partial charge in [0.1, 0.15) is 5.75 Å². The highest BCUT2D eigenvalue weighted by atomic mass is 19.4. The molecule has 0 aliphatic carbocycles. The lowest BCUT2D eigenvalue weighted by Gasteiger charge is -2.10. The first-order valence-corrected chi connectivity index (χ1v) is 8.09. The summed E-state index contributed by atoms with van der Waals surface area (Å²) in [5, 5.41) is 7.11. The molecular formula is C18H13F3N2O4. The maximum absolute atomic E-state index is 12.3. The van der Waals surface area contributed by atoms with E-state index < -0.39 is 12.5 Å². The molecule has 1 amide bonds. The summed E-state index contributed by atoms with van der Waals surface area (Å²) in [5.41, 5.74) is 1.88. The summed E-state index contributed by atoms with van der Waals surface area (Å²) >= 11 is 0. The average molecular weight is 378 g/mol. The van der Waals surface area contributed by atoms with Crippen molar-refractivity contribution in [1.82, 2.24) is 10.5 Å². The Kier molecular flexibility index (Phi) is 4.14. The molecule has 1 aliphatic rings. The van der Waals surface area contributed by atoms with Gasteiger partial charge in [-0.1, -0.05) is 18.2 Å². The van der Waals surface area contributed by atoms with Crippen LogP contribution in [0.1, 0.15) is 6.42 Å². The Hall–Kier alpha value is -3.23. The lowest BCUT2D eigenvalue weighted by atomic mass is 10.0. The number of carbonyl (C=O) groups is 1. The van der Waals surface area contributed by atoms with Crippen molar-refractivity contribution >= 4 is 16.9 Å². The summed E-state index contributed by atoms with van der Waals surface area (Å²) < 4.78 is 51.5. The van der Waals surface area contributed by atoms with Gasteiger partial charge in [0, 0.05) is 13.0 Å². The fourth-order valence-corrected chi connectivity index (χ4v) is 2.85. The summed E-state index contributed by atoms with van der Waals surface area (Å²) in [7, 11) is 0. The van der Waals surface area contributed by atoms with Crippen LogP contribution in [-0.4, -0.2) is 30.1 Å². The second kappa shape index (κ2) is 6.49. The number of rotatable bonds is 4. The van der Waals surface area contributed by atoms with Crippen LogP contribution in [-0.2, 0) is 4.79 Å². The first-order valence-electron chi connectivity index (χ1n) is 8.09. The maximum atomic E-state index is 12.3. The van der Waals surface area contributed by atoms with Crippen molar-refractivity contribution in [2.45, 2.75) is 18.9 Å². The molecule has 1 fully saturated rings. The Morgan fingerprint density at radius 2 is 1.85 bits per heavy atom. The molecule has 1 unspecified atom stereocenters. The second-order valence-corrected chi connectivity index (χ2v) is 5.96. The van der Waals surface area contributed by atoms with E-state index in [1.165, 1.54) is 24.3 Å². The summed E-state index contributed by atoms with van der Waals surface area (Å²) in [6.45, 7) is 0.539. The third-order valence-electron chi connectivity index (χ3n) is 4.11. The molecule has 1 saturated heterocycles. The van der Waals surface area contributed by atoms with Gasteiger partial charge in [-0.25, -0.2) is 0 Å². The molecule has 0 bridgehead atoms. The van der Waals surface area contributed by atoms with Crippen molar-refractivity contribution in [3.8, 4) is 22.8 Å². The van der Waals surface area contributed by atoms with E-state index in [1.54, 1.807) is 18.2 Å². The van der Waals surface area contributed by atoms with Crippen LogP contribution in [0.2, 0.25) is 0 Å². The summed E-state index contributed by atoms with van der Waals surface area (Å²) in [6, 6.07) is 10.7. The molecule has 9 heteroatoms. The Bertz CT molecular complexity index is 982. The van der Waals surface area contributed by atoms with E-state index in [2.05, 4.69) is 15.2 Å². The number of nitrogens with one attached hydrogen (secondary N) is 1. The van der Waals surface area contributed by atoms with Crippen LogP contribution in [0.3, 0.4) is 0 Å². The number of ether oxygens (including phenoxy) is 2. The highest BCUT2D eigenvalue weighted by Crippen LogP contribution is 2.32. The topological polar surface area (TPSA) is 73.6 Å². The van der Waals surface area contributed by atoms with Crippen molar-refractivity contribution in [3.63, 3.8) is 0 Å². The lowest BCUT2D eigenvalue weighted by Crippen LogP contribution is -2.27. The standard InChI is InChI=1S/C18H13F3N2O4/c19-18(20,21)26-12-4-1-10(2-5-12)11-3-6-14-13(9-11)17(23-27-14)25-15-7-8-22-16(15)24/h1-6,9,15H,7-8H2,(H,22,24). The molecular weight excluding hydrogens is 365 g/mol. The number of hydrogen-bond acceptors (Lipinski definition) is 5. The number of amides is 1. The van der Waals surface area contributed by atoms with E-state index >= 15 is 0 Å². The first kappa shape index (κ1) is 17.2. The molecule has 2 heterocycles. The number of aromatic nitrogens is 1. The number of fused-ring (bicyclic) bond motifs is 1. The van der Waals surface area contributed by atoms with E-state index in [1.807, 2.05) is 0 Å². The number of benzene rings is 2. The molecule has 1 atom stereocenters. The van der Waals surface area contributed by atoms with Gasteiger partial charge in [-0.3, -0.25) is 4.79 Å². The molecule has 140 valence electrons. The van der Waals surface area contributed by atoms with Crippen molar-refractivity contribution in [1.29, 1.82) is 0 Å². The zero-order chi connectivity index (χ0) is 19.0. The molecule has 3 aromatic rings. The average Bonchev–Trinajstić information content (AvgIpc) is 3.21. The van der Waals surface area contributed by atoms with Crippen LogP contribution in [0.5, 0.6) is 11.6 Å². The summed E-state index contributed by atoms with van der Waals surface area (Å²) in [6.07, 6.45) is -4.82. The van der Waals surface area contributed by atoms with E-state index in [0.29, 0.717) is 29.5 Å². The third-order valence-corrected chi connectivity index (χ3v) is 4.11. The predicted molar refractivity (Wildman–Crippen MR) is 88.2 cm³/mol. The van der Waals surface area contributed by atoms with Gasteiger partial charge >= 0.3 is 6.36 Å². The molecule has 0 radical (unpaired) electrons. The van der Waals surface area contributed by atoms with Crippen LogP contribution in [0.4, 0.5) is 13.2 Å². The maximum Gasteiger partial charge on any atom is 0.573 e. The van der Waals surface area contributed by atoms with Gasteiger partial charge < -0.3 is 19.3 Å². The Morgan fingerprint density at radius 3 is 2.52 bits per heavy atom. The molecule has 6 nitrogen and oxygen atoms in total. The van der Waals surface area contributed by atoms with Crippen molar-refractivity contribution in [3.05, 3.63) is 42.5 Å². The zero-order valence-corrected chi connectivity index (χ0v) is 13.7. The molecule has 1 aromatic heterocycles. The Labute approximate surface area is 150 Å². The molecule has 2 aromatic carbocycles. The van der Waals surface area contributed by atoms with E-state index in [-0.39, 0.29) is 17.5 Å². The normalized spacial score (nSPS) is 17.1. The summed E-state index contributed by atoms with van der Waals surface area (Å²) in [4.78, 5) is 11.7. The number of alkyl halides is 3. The molecule has 4 rings (SSSR count). The van der Waals surface area contributed by atoms with Gasteiger partial charge in [0.15, 0.2) is 11.7 Å². The fourth-order valence-electron chi connectivity index (χ4n) is 2.85. The first-order chi connectivity index (χ1) is 12.9. The van der Waals surface area contributed by atoms with Gasteiger partial charge in [0.05, 0.1) is 5.39 Å². The quantitative estimate of drug-likeness (QED) is 0.750. The van der Waals surface area contributed by atoms with E-state index in [4.69, 9.17) is 9.26 Å². The van der Waals surface area contributed by atoms with Crippen molar-refractivity contribution < 1.29 is 32.0 Å². The lowest BCUT2D eigenvalue weighted by molar-refractivity contribution is -0.274. The summed E-state index contributed by atoms with van der Waals surface area (Å²) in [5.74, 6) is -0.304. The van der Waals surface area contributed by atoms with Gasteiger partial charge in [-0.05, 0) is 40.5 Å². The minimum atomic E-state index is -4.73. The van der Waals surface area contributed by atoms with E-state index in [0.717, 1.165) is 5.56 Å². The van der Waals surface area contributed by atoms with Crippen LogP contribution in [0.25, 0.3) is 22.1 Å². The molecule has 0 spiro atoms. The highest BCUT2D eigenvalue weighted by Gasteiger charge is 2.31. The van der Waals surface area contributed by atoms with Crippen LogP contribution >= 0.6 is 0 Å². The predicted octanol–water partition coefficient (Wildman–Crippen LogP) is 3.66. The molecule has 0 saturated carbocycles. The number of carbonyl (C=O) groups excluding carboxylic acids is 1. The van der Waals surface area contributed by atoms with Gasteiger partial charge in [0.2, 0.25) is 0 Å². The minimum absolute atomic E-state index is 0.200. The number of nitrogens with zero attached hydrogens (tertiary/aromatic N) is 1. The molecule has 1 N–H and O–H groups in total. The van der Waals surface area contributed by atoms with Gasteiger partial charge in [0.25, 0.3) is 11.8 Å². The second-order valence-electron chi connectivity index (χ2n) is 5.96. The fraction of sp³-hybridized carbons (Fsp3) is 0.222. The minimum Gasteiger partial charge on any atom is -0.462 e. The van der Waals surface area contributed by atoms with Crippen molar-refractivity contribution in [2.24, 2.45) is 0 Å². The number of halogens is 3. The Balaban J connectivity index is 1.61. The SMILES string of the molecule is O=C1NCCC1Oc1noc2ccc(-c3ccc(OC(F)(F)F)cc3)cc12. The van der Waals surface area contributed by atoms with Crippen molar-refractivity contribution in [2.75, 3.05) is 6.54 Å². The Morgan fingerprint density at radius 1 is 1.11 bits per heavy atom. The van der Waals surface area contributed by atoms with Gasteiger partial charge in [-0.2, -0.15) is 0 Å². The molecule has 27 heavy (non-hydrogen) atoms.